The summed E-state index contributed by atoms with van der Waals surface area (Å²) in [6.07, 6.45) is 6.00. The molecule has 2 heterocycles. The summed E-state index contributed by atoms with van der Waals surface area (Å²) in [6.45, 7) is 5.67. The van der Waals surface area contributed by atoms with E-state index in [1.54, 1.807) is 19.5 Å². The maximum atomic E-state index is 5.19. The lowest BCUT2D eigenvalue weighted by molar-refractivity contribution is 0.204. The van der Waals surface area contributed by atoms with E-state index in [1.807, 2.05) is 6.92 Å². The van der Waals surface area contributed by atoms with Gasteiger partial charge in [-0.1, -0.05) is 0 Å². The SMILES string of the molecule is COCCN(CC1CCCN1)c1nccnc1C. The van der Waals surface area contributed by atoms with Crippen LogP contribution in [0.25, 0.3) is 0 Å². The number of aromatic nitrogens is 2. The molecule has 1 atom stereocenters. The summed E-state index contributed by atoms with van der Waals surface area (Å²) in [5.41, 5.74) is 0.978. The van der Waals surface area contributed by atoms with Crippen LogP contribution in [0.1, 0.15) is 18.5 Å². The second kappa shape index (κ2) is 6.66. The van der Waals surface area contributed by atoms with Crippen molar-refractivity contribution in [3.05, 3.63) is 18.1 Å². The summed E-state index contributed by atoms with van der Waals surface area (Å²) in [4.78, 5) is 11.0. The van der Waals surface area contributed by atoms with Gasteiger partial charge in [-0.15, -0.1) is 0 Å². The molecule has 0 aliphatic carbocycles. The van der Waals surface area contributed by atoms with Crippen LogP contribution in [0.3, 0.4) is 0 Å². The molecule has 1 N–H and O–H groups in total. The Bertz CT molecular complexity index is 366. The average Bonchev–Trinajstić information content (AvgIpc) is 2.88. The molecule has 18 heavy (non-hydrogen) atoms. The van der Waals surface area contributed by atoms with Gasteiger partial charge in [0.15, 0.2) is 0 Å². The lowest BCUT2D eigenvalue weighted by atomic mass is 10.2. The molecular weight excluding hydrogens is 228 g/mol. The van der Waals surface area contributed by atoms with Gasteiger partial charge in [0.1, 0.15) is 5.82 Å². The lowest BCUT2D eigenvalue weighted by Gasteiger charge is -2.27. The van der Waals surface area contributed by atoms with Crippen molar-refractivity contribution in [1.82, 2.24) is 15.3 Å². The van der Waals surface area contributed by atoms with Crippen LogP contribution in [0.2, 0.25) is 0 Å². The molecule has 1 aromatic heterocycles. The normalized spacial score (nSPS) is 19.1. The van der Waals surface area contributed by atoms with Gasteiger partial charge in [0, 0.05) is 38.6 Å². The van der Waals surface area contributed by atoms with Crippen LogP contribution >= 0.6 is 0 Å². The van der Waals surface area contributed by atoms with Gasteiger partial charge in [-0.2, -0.15) is 0 Å². The molecular formula is C13H22N4O. The number of ether oxygens (including phenoxy) is 1. The molecule has 0 amide bonds. The Labute approximate surface area is 109 Å². The minimum absolute atomic E-state index is 0.559. The van der Waals surface area contributed by atoms with E-state index in [9.17, 15) is 0 Å². The highest BCUT2D eigenvalue weighted by atomic mass is 16.5. The van der Waals surface area contributed by atoms with Gasteiger partial charge in [-0.25, -0.2) is 4.98 Å². The first-order valence-electron chi connectivity index (χ1n) is 6.56. The molecule has 0 bridgehead atoms. The van der Waals surface area contributed by atoms with Crippen LogP contribution in [0.4, 0.5) is 5.82 Å². The van der Waals surface area contributed by atoms with E-state index in [4.69, 9.17) is 4.74 Å². The third-order valence-electron chi connectivity index (χ3n) is 3.32. The summed E-state index contributed by atoms with van der Waals surface area (Å²) < 4.78 is 5.19. The van der Waals surface area contributed by atoms with E-state index in [1.165, 1.54) is 12.8 Å². The monoisotopic (exact) mass is 250 g/mol. The number of nitrogens with zero attached hydrogens (tertiary/aromatic N) is 3. The van der Waals surface area contributed by atoms with E-state index in [-0.39, 0.29) is 0 Å². The van der Waals surface area contributed by atoms with Crippen molar-refractivity contribution in [3.8, 4) is 0 Å². The molecule has 5 nitrogen and oxygen atoms in total. The summed E-state index contributed by atoms with van der Waals surface area (Å²) >= 11 is 0. The van der Waals surface area contributed by atoms with Crippen molar-refractivity contribution in [1.29, 1.82) is 0 Å². The number of anilines is 1. The molecule has 0 aromatic carbocycles. The summed E-state index contributed by atoms with van der Waals surface area (Å²) in [5, 5.41) is 3.52. The van der Waals surface area contributed by atoms with Crippen LogP contribution < -0.4 is 10.2 Å². The Hall–Kier alpha value is -1.20. The Morgan fingerprint density at radius 1 is 1.44 bits per heavy atom. The van der Waals surface area contributed by atoms with E-state index in [2.05, 4.69) is 20.2 Å². The fourth-order valence-corrected chi connectivity index (χ4v) is 2.37. The zero-order valence-electron chi connectivity index (χ0n) is 11.2. The molecule has 100 valence electrons. The molecule has 1 aromatic rings. The number of aryl methyl sites for hydroxylation is 1. The number of rotatable bonds is 6. The minimum Gasteiger partial charge on any atom is -0.383 e. The van der Waals surface area contributed by atoms with Crippen molar-refractivity contribution >= 4 is 5.82 Å². The molecule has 0 radical (unpaired) electrons. The number of nitrogens with one attached hydrogen (secondary N) is 1. The molecule has 0 saturated carbocycles. The zero-order chi connectivity index (χ0) is 12.8. The Kier molecular flexibility index (Phi) is 4.90. The maximum absolute atomic E-state index is 5.19. The first-order valence-corrected chi connectivity index (χ1v) is 6.56. The third-order valence-corrected chi connectivity index (χ3v) is 3.32. The van der Waals surface area contributed by atoms with Gasteiger partial charge in [0.25, 0.3) is 0 Å². The molecule has 1 saturated heterocycles. The predicted octanol–water partition coefficient (Wildman–Crippen LogP) is 0.990. The van der Waals surface area contributed by atoms with E-state index < -0.39 is 0 Å². The van der Waals surface area contributed by atoms with Crippen molar-refractivity contribution in [3.63, 3.8) is 0 Å². The van der Waals surface area contributed by atoms with E-state index in [0.29, 0.717) is 12.6 Å². The highest BCUT2D eigenvalue weighted by molar-refractivity contribution is 5.42. The Balaban J connectivity index is 2.06. The van der Waals surface area contributed by atoms with Crippen molar-refractivity contribution in [2.24, 2.45) is 0 Å². The quantitative estimate of drug-likeness (QED) is 0.816. The smallest absolute Gasteiger partial charge is 0.150 e. The van der Waals surface area contributed by atoms with Crippen LogP contribution in [0.15, 0.2) is 12.4 Å². The number of hydrogen-bond donors (Lipinski definition) is 1. The topological polar surface area (TPSA) is 50.3 Å². The van der Waals surface area contributed by atoms with Crippen LogP contribution in [0, 0.1) is 6.92 Å². The molecule has 1 fully saturated rings. The summed E-state index contributed by atoms with van der Waals surface area (Å²) in [6, 6.07) is 0.559. The van der Waals surface area contributed by atoms with Gasteiger partial charge >= 0.3 is 0 Å². The molecule has 5 heteroatoms. The summed E-state index contributed by atoms with van der Waals surface area (Å²) in [7, 11) is 1.73. The lowest BCUT2D eigenvalue weighted by Crippen LogP contribution is -2.40. The Morgan fingerprint density at radius 3 is 2.94 bits per heavy atom. The highest BCUT2D eigenvalue weighted by Gasteiger charge is 2.19. The molecule has 0 spiro atoms. The highest BCUT2D eigenvalue weighted by Crippen LogP contribution is 2.16. The minimum atomic E-state index is 0.559. The second-order valence-corrected chi connectivity index (χ2v) is 4.70. The van der Waals surface area contributed by atoms with Gasteiger partial charge in [0.05, 0.1) is 12.3 Å². The Morgan fingerprint density at radius 2 is 2.28 bits per heavy atom. The molecule has 2 rings (SSSR count). The van der Waals surface area contributed by atoms with Gasteiger partial charge in [-0.05, 0) is 26.3 Å². The largest absolute Gasteiger partial charge is 0.383 e. The van der Waals surface area contributed by atoms with E-state index >= 15 is 0 Å². The number of methoxy groups -OCH3 is 1. The van der Waals surface area contributed by atoms with Crippen LogP contribution in [-0.2, 0) is 4.74 Å². The van der Waals surface area contributed by atoms with Gasteiger partial charge in [0.2, 0.25) is 0 Å². The fourth-order valence-electron chi connectivity index (χ4n) is 2.37. The van der Waals surface area contributed by atoms with Crippen molar-refractivity contribution in [2.75, 3.05) is 38.3 Å². The molecule has 1 unspecified atom stereocenters. The van der Waals surface area contributed by atoms with Crippen molar-refractivity contribution < 1.29 is 4.74 Å². The van der Waals surface area contributed by atoms with Gasteiger partial charge < -0.3 is 15.0 Å². The van der Waals surface area contributed by atoms with Crippen molar-refractivity contribution in [2.45, 2.75) is 25.8 Å². The van der Waals surface area contributed by atoms with Crippen LogP contribution in [0.5, 0.6) is 0 Å². The van der Waals surface area contributed by atoms with Crippen LogP contribution in [-0.4, -0.2) is 49.4 Å². The third kappa shape index (κ3) is 3.40. The standard InChI is InChI=1S/C13H22N4O/c1-11-13(16-7-6-14-11)17(8-9-18-2)10-12-4-3-5-15-12/h6-7,12,15H,3-5,8-10H2,1-2H3. The van der Waals surface area contributed by atoms with Gasteiger partial charge in [-0.3, -0.25) is 4.98 Å². The van der Waals surface area contributed by atoms with E-state index in [0.717, 1.165) is 31.1 Å². The predicted molar refractivity (Wildman–Crippen MR) is 71.9 cm³/mol. The second-order valence-electron chi connectivity index (χ2n) is 4.70. The maximum Gasteiger partial charge on any atom is 0.150 e. The summed E-state index contributed by atoms with van der Waals surface area (Å²) in [5.74, 6) is 0.975. The average molecular weight is 250 g/mol. The zero-order valence-corrected chi connectivity index (χ0v) is 11.2. The molecule has 1 aliphatic heterocycles. The number of hydrogen-bond acceptors (Lipinski definition) is 5. The first kappa shape index (κ1) is 13.2. The molecule has 1 aliphatic rings. The first-order chi connectivity index (χ1) is 8.81. The fraction of sp³-hybridized carbons (Fsp3) is 0.692.